The molecule has 0 spiro atoms. The second-order valence-corrected chi connectivity index (χ2v) is 5.06. The van der Waals surface area contributed by atoms with E-state index < -0.39 is 5.79 Å². The zero-order valence-corrected chi connectivity index (χ0v) is 10.9. The number of amides is 3. The Morgan fingerprint density at radius 1 is 1.22 bits per heavy atom. The lowest BCUT2D eigenvalue weighted by Gasteiger charge is -2.32. The van der Waals surface area contributed by atoms with Crippen molar-refractivity contribution in [3.8, 4) is 0 Å². The number of piperidine rings is 1. The Labute approximate surface area is 106 Å². The van der Waals surface area contributed by atoms with E-state index in [1.54, 1.807) is 4.90 Å². The summed E-state index contributed by atoms with van der Waals surface area (Å²) < 4.78 is 11.5. The summed E-state index contributed by atoms with van der Waals surface area (Å²) in [6.07, 6.45) is 0.684. The molecule has 2 rings (SSSR count). The fourth-order valence-corrected chi connectivity index (χ4v) is 2.30. The van der Waals surface area contributed by atoms with Gasteiger partial charge in [-0.2, -0.15) is 0 Å². The van der Waals surface area contributed by atoms with Crippen LogP contribution in [0.5, 0.6) is 0 Å². The largest absolute Gasteiger partial charge is 0.344 e. The molecule has 2 fully saturated rings. The van der Waals surface area contributed by atoms with Crippen LogP contribution in [-0.4, -0.2) is 47.9 Å². The van der Waals surface area contributed by atoms with Gasteiger partial charge in [0.15, 0.2) is 5.79 Å². The molecule has 7 nitrogen and oxygen atoms in total. The van der Waals surface area contributed by atoms with E-state index in [0.717, 1.165) is 6.42 Å². The van der Waals surface area contributed by atoms with E-state index in [-0.39, 0.29) is 24.1 Å². The molecular weight excluding hydrogens is 238 g/mol. The molecule has 2 N–H and O–H groups in total. The van der Waals surface area contributed by atoms with Crippen LogP contribution in [0, 0.1) is 0 Å². The van der Waals surface area contributed by atoms with Gasteiger partial charge in [0.05, 0.1) is 12.6 Å². The van der Waals surface area contributed by atoms with Crippen LogP contribution >= 0.6 is 0 Å². The van der Waals surface area contributed by atoms with Crippen molar-refractivity contribution in [2.24, 2.45) is 0 Å². The third kappa shape index (κ3) is 2.91. The fraction of sp³-hybridized carbons (Fsp3) is 0.818. The number of carbonyl (C=O) groups is 2. The third-order valence-corrected chi connectivity index (χ3v) is 3.00. The predicted molar refractivity (Wildman–Crippen MR) is 62.4 cm³/mol. The first-order valence-electron chi connectivity index (χ1n) is 6.04. The number of hydrazine groups is 1. The summed E-state index contributed by atoms with van der Waals surface area (Å²) in [7, 11) is 0. The molecule has 0 bridgehead atoms. The van der Waals surface area contributed by atoms with Crippen LogP contribution in [0.15, 0.2) is 0 Å². The molecule has 0 aromatic rings. The van der Waals surface area contributed by atoms with Crippen LogP contribution < -0.4 is 10.9 Å². The fourth-order valence-electron chi connectivity index (χ4n) is 2.30. The molecule has 0 aromatic heterocycles. The van der Waals surface area contributed by atoms with Gasteiger partial charge in [0.2, 0.25) is 5.91 Å². The van der Waals surface area contributed by atoms with Crippen molar-refractivity contribution in [2.75, 3.05) is 13.1 Å². The lowest BCUT2D eigenvalue weighted by atomic mass is 10.1. The van der Waals surface area contributed by atoms with Gasteiger partial charge in [-0.25, -0.2) is 10.2 Å². The Morgan fingerprint density at radius 3 is 2.56 bits per heavy atom. The van der Waals surface area contributed by atoms with Crippen molar-refractivity contribution in [3.05, 3.63) is 0 Å². The lowest BCUT2D eigenvalue weighted by Crippen LogP contribution is -2.54. The molecule has 2 saturated heterocycles. The van der Waals surface area contributed by atoms with E-state index in [2.05, 4.69) is 10.9 Å². The van der Waals surface area contributed by atoms with Gasteiger partial charge in [0, 0.05) is 13.5 Å². The Kier molecular flexibility index (Phi) is 3.45. The highest BCUT2D eigenvalue weighted by molar-refractivity contribution is 5.79. The first-order chi connectivity index (χ1) is 8.37. The van der Waals surface area contributed by atoms with E-state index in [0.29, 0.717) is 13.1 Å². The van der Waals surface area contributed by atoms with E-state index in [1.807, 2.05) is 13.8 Å². The molecule has 2 unspecified atom stereocenters. The second-order valence-electron chi connectivity index (χ2n) is 5.06. The summed E-state index contributed by atoms with van der Waals surface area (Å²) in [6, 6.07) is -0.322. The Bertz CT molecular complexity index is 358. The second kappa shape index (κ2) is 4.74. The topological polar surface area (TPSA) is 79.9 Å². The molecule has 3 amide bonds. The number of hydrogen-bond acceptors (Lipinski definition) is 4. The van der Waals surface area contributed by atoms with Gasteiger partial charge in [-0.1, -0.05) is 0 Å². The van der Waals surface area contributed by atoms with Crippen molar-refractivity contribution in [1.29, 1.82) is 0 Å². The SMILES string of the molecule is CC(=O)NNC(=O)N1CCC2OC(C)(C)OC2C1. The van der Waals surface area contributed by atoms with Crippen molar-refractivity contribution in [2.45, 2.75) is 45.2 Å². The number of likely N-dealkylation sites (tertiary alicyclic amines) is 1. The molecule has 2 atom stereocenters. The third-order valence-electron chi connectivity index (χ3n) is 3.00. The van der Waals surface area contributed by atoms with Gasteiger partial charge in [0.25, 0.3) is 0 Å². The van der Waals surface area contributed by atoms with Crippen LogP contribution in [-0.2, 0) is 14.3 Å². The smallest absolute Gasteiger partial charge is 0.336 e. The highest BCUT2D eigenvalue weighted by atomic mass is 16.8. The van der Waals surface area contributed by atoms with E-state index >= 15 is 0 Å². The normalized spacial score (nSPS) is 29.6. The quantitative estimate of drug-likeness (QED) is 0.597. The number of nitrogens with one attached hydrogen (secondary N) is 2. The Balaban J connectivity index is 1.87. The average molecular weight is 257 g/mol. The summed E-state index contributed by atoms with van der Waals surface area (Å²) in [4.78, 5) is 24.1. The van der Waals surface area contributed by atoms with Crippen LogP contribution in [0.2, 0.25) is 0 Å². The van der Waals surface area contributed by atoms with Gasteiger partial charge in [-0.15, -0.1) is 0 Å². The van der Waals surface area contributed by atoms with Crippen LogP contribution in [0.25, 0.3) is 0 Å². The minimum absolute atomic E-state index is 0.0461. The number of urea groups is 1. The standard InChI is InChI=1S/C11H19N3O4/c1-7(15)12-13-10(16)14-5-4-8-9(6-14)18-11(2,3)17-8/h8-9H,4-6H2,1-3H3,(H,12,15)(H,13,16). The van der Waals surface area contributed by atoms with E-state index in [1.165, 1.54) is 6.92 Å². The predicted octanol–water partition coefficient (Wildman–Crippen LogP) is -0.0271. The van der Waals surface area contributed by atoms with Gasteiger partial charge in [-0.3, -0.25) is 10.2 Å². The minimum Gasteiger partial charge on any atom is -0.344 e. The molecule has 0 aromatic carbocycles. The van der Waals surface area contributed by atoms with Crippen molar-refractivity contribution < 1.29 is 19.1 Å². The zero-order valence-electron chi connectivity index (χ0n) is 10.9. The average Bonchev–Trinajstić information content (AvgIpc) is 2.58. The molecule has 2 aliphatic rings. The lowest BCUT2D eigenvalue weighted by molar-refractivity contribution is -0.145. The number of carbonyl (C=O) groups excluding carboxylic acids is 2. The molecule has 2 aliphatic heterocycles. The number of ether oxygens (including phenoxy) is 2. The highest BCUT2D eigenvalue weighted by Crippen LogP contribution is 2.32. The summed E-state index contributed by atoms with van der Waals surface area (Å²) in [6.45, 7) is 6.13. The summed E-state index contributed by atoms with van der Waals surface area (Å²) in [5.41, 5.74) is 4.61. The number of nitrogens with zero attached hydrogens (tertiary/aromatic N) is 1. The van der Waals surface area contributed by atoms with Gasteiger partial charge in [-0.05, 0) is 20.3 Å². The maximum Gasteiger partial charge on any atom is 0.336 e. The van der Waals surface area contributed by atoms with Gasteiger partial charge >= 0.3 is 6.03 Å². The molecule has 7 heteroatoms. The summed E-state index contributed by atoms with van der Waals surface area (Å²) in [5, 5.41) is 0. The molecule has 18 heavy (non-hydrogen) atoms. The molecule has 102 valence electrons. The number of rotatable bonds is 0. The van der Waals surface area contributed by atoms with Crippen molar-refractivity contribution in [1.82, 2.24) is 15.8 Å². The number of fused-ring (bicyclic) bond motifs is 1. The van der Waals surface area contributed by atoms with E-state index in [9.17, 15) is 9.59 Å². The maximum absolute atomic E-state index is 11.8. The first-order valence-corrected chi connectivity index (χ1v) is 6.04. The summed E-state index contributed by atoms with van der Waals surface area (Å²) >= 11 is 0. The van der Waals surface area contributed by atoms with Crippen LogP contribution in [0.1, 0.15) is 27.2 Å². The minimum atomic E-state index is -0.584. The summed E-state index contributed by atoms with van der Waals surface area (Å²) in [5.74, 6) is -0.890. The van der Waals surface area contributed by atoms with Crippen molar-refractivity contribution in [3.63, 3.8) is 0 Å². The first kappa shape index (κ1) is 13.1. The van der Waals surface area contributed by atoms with Crippen molar-refractivity contribution >= 4 is 11.9 Å². The molecule has 2 heterocycles. The molecule has 0 aliphatic carbocycles. The molecule has 0 saturated carbocycles. The van der Waals surface area contributed by atoms with Crippen LogP contribution in [0.3, 0.4) is 0 Å². The number of hydrogen-bond donors (Lipinski definition) is 2. The maximum atomic E-state index is 11.8. The van der Waals surface area contributed by atoms with E-state index in [4.69, 9.17) is 9.47 Å². The molecule has 0 radical (unpaired) electrons. The van der Waals surface area contributed by atoms with Gasteiger partial charge < -0.3 is 14.4 Å². The Morgan fingerprint density at radius 2 is 1.89 bits per heavy atom. The highest BCUT2D eigenvalue weighted by Gasteiger charge is 2.44. The monoisotopic (exact) mass is 257 g/mol. The Hall–Kier alpha value is -1.34. The zero-order chi connectivity index (χ0) is 13.3. The molecular formula is C11H19N3O4. The van der Waals surface area contributed by atoms with Crippen LogP contribution in [0.4, 0.5) is 4.79 Å². The van der Waals surface area contributed by atoms with Gasteiger partial charge in [0.1, 0.15) is 6.10 Å².